The molecule has 0 aliphatic rings. The van der Waals surface area contributed by atoms with Gasteiger partial charge in [-0.3, -0.25) is 0 Å². The number of rotatable bonds is 6. The summed E-state index contributed by atoms with van der Waals surface area (Å²) in [7, 11) is 0. The van der Waals surface area contributed by atoms with Gasteiger partial charge in [0.25, 0.3) is 0 Å². The van der Waals surface area contributed by atoms with Crippen LogP contribution < -0.4 is 0 Å². The number of alkyl halides is 3. The smallest absolute Gasteiger partial charge is 0.309 e. The van der Waals surface area contributed by atoms with Gasteiger partial charge in [0, 0.05) is 65.6 Å². The number of benzene rings is 11. The van der Waals surface area contributed by atoms with Gasteiger partial charge in [-0.15, -0.1) is 0 Å². The molecule has 15 aromatic rings. The minimum atomic E-state index is -4.49. The molecule has 0 N–H and O–H groups in total. The van der Waals surface area contributed by atoms with Crippen molar-refractivity contribution in [2.75, 3.05) is 0 Å². The molecule has 8 heteroatoms. The first-order chi connectivity index (χ1) is 37.7. The number of hydrogen-bond donors (Lipinski definition) is 0. The Hall–Kier alpha value is -10.1. The van der Waals surface area contributed by atoms with E-state index in [2.05, 4.69) is 218 Å². The van der Waals surface area contributed by atoms with Crippen molar-refractivity contribution in [1.82, 2.24) is 18.3 Å². The largest absolute Gasteiger partial charge is 0.416 e. The lowest BCUT2D eigenvalue weighted by Gasteiger charge is -2.21. The molecule has 0 saturated carbocycles. The Morgan fingerprint density at radius 1 is 0.338 bits per heavy atom. The van der Waals surface area contributed by atoms with Gasteiger partial charge in [-0.25, -0.2) is 0 Å². The number of nitriles is 1. The molecule has 15 rings (SSSR count). The highest BCUT2D eigenvalue weighted by Crippen LogP contribution is 2.45. The van der Waals surface area contributed by atoms with E-state index in [-0.39, 0.29) is 0 Å². The van der Waals surface area contributed by atoms with Gasteiger partial charge in [-0.2, -0.15) is 18.4 Å². The minimum absolute atomic E-state index is 0.471. The molecule has 4 heterocycles. The summed E-state index contributed by atoms with van der Waals surface area (Å²) in [5.74, 6) is 0. The van der Waals surface area contributed by atoms with Crippen LogP contribution in [0.15, 0.2) is 237 Å². The fourth-order valence-corrected chi connectivity index (χ4v) is 12.4. The number of hydrogen-bond acceptors (Lipinski definition) is 1. The molecule has 0 aliphatic heterocycles. The van der Waals surface area contributed by atoms with Crippen molar-refractivity contribution in [2.24, 2.45) is 0 Å². The third kappa shape index (κ3) is 6.67. The second kappa shape index (κ2) is 16.7. The Labute approximate surface area is 439 Å². The second-order valence-electron chi connectivity index (χ2n) is 20.0. The molecule has 0 bridgehead atoms. The van der Waals surface area contributed by atoms with E-state index in [1.807, 2.05) is 24.3 Å². The van der Waals surface area contributed by atoms with Crippen LogP contribution in [0, 0.1) is 18.3 Å². The molecular formula is C69H42F3N5. The second-order valence-corrected chi connectivity index (χ2v) is 20.0. The zero-order valence-electron chi connectivity index (χ0n) is 41.4. The van der Waals surface area contributed by atoms with Crippen molar-refractivity contribution >= 4 is 87.2 Å². The van der Waals surface area contributed by atoms with E-state index < -0.39 is 11.7 Å². The maximum atomic E-state index is 14.2. The number of aryl methyl sites for hydroxylation is 1. The third-order valence-corrected chi connectivity index (χ3v) is 15.7. The standard InChI is InChI=1S/C69H42F3N5/c1-42-36-45(69(70,71)72)28-31-48(42)44-27-33-66(77-64-25-13-7-19-54(64)58-40-47(30-35-68(58)77)75-61-22-10-4-16-51(61)52-17-5-11-23-62(52)75)56(38-44)55-37-43(41-73)26-32-65(55)76-63-24-12-6-18-53(63)57-39-46(29-34-67(57)76)74-59-20-8-2-14-49(59)50-15-3-9-21-60(50)74/h2-40H,1H3. The van der Waals surface area contributed by atoms with Crippen LogP contribution in [0.3, 0.4) is 0 Å². The fourth-order valence-electron chi connectivity index (χ4n) is 12.4. The van der Waals surface area contributed by atoms with Gasteiger partial charge in [0.05, 0.1) is 72.7 Å². The highest BCUT2D eigenvalue weighted by Gasteiger charge is 2.31. The van der Waals surface area contributed by atoms with Crippen LogP contribution >= 0.6 is 0 Å². The maximum absolute atomic E-state index is 14.2. The van der Waals surface area contributed by atoms with Gasteiger partial charge in [-0.1, -0.05) is 121 Å². The van der Waals surface area contributed by atoms with Gasteiger partial charge in [0.2, 0.25) is 0 Å². The van der Waals surface area contributed by atoms with Gasteiger partial charge in [0.15, 0.2) is 0 Å². The average Bonchev–Trinajstić information content (AvgIpc) is 4.30. The molecule has 5 nitrogen and oxygen atoms in total. The quantitative estimate of drug-likeness (QED) is 0.164. The highest BCUT2D eigenvalue weighted by atomic mass is 19.4. The fraction of sp³-hybridized carbons (Fsp3) is 0.0290. The van der Waals surface area contributed by atoms with Crippen molar-refractivity contribution in [3.05, 3.63) is 253 Å². The summed E-state index contributed by atoms with van der Waals surface area (Å²) in [4.78, 5) is 0. The Balaban J connectivity index is 0.998. The highest BCUT2D eigenvalue weighted by molar-refractivity contribution is 6.15. The van der Waals surface area contributed by atoms with E-state index in [9.17, 15) is 18.4 Å². The van der Waals surface area contributed by atoms with Crippen molar-refractivity contribution in [3.63, 3.8) is 0 Å². The van der Waals surface area contributed by atoms with Crippen LogP contribution in [-0.4, -0.2) is 18.3 Å². The van der Waals surface area contributed by atoms with Gasteiger partial charge in [0.1, 0.15) is 0 Å². The minimum Gasteiger partial charge on any atom is -0.309 e. The lowest BCUT2D eigenvalue weighted by molar-refractivity contribution is -0.137. The molecular weight excluding hydrogens is 956 g/mol. The first-order valence-electron chi connectivity index (χ1n) is 25.6. The van der Waals surface area contributed by atoms with Crippen LogP contribution in [-0.2, 0) is 6.18 Å². The summed E-state index contributed by atoms with van der Waals surface area (Å²) < 4.78 is 51.7. The first kappa shape index (κ1) is 44.4. The van der Waals surface area contributed by atoms with Gasteiger partial charge >= 0.3 is 6.18 Å². The number of nitrogens with zero attached hydrogens (tertiary/aromatic N) is 5. The van der Waals surface area contributed by atoms with Crippen LogP contribution in [0.2, 0.25) is 0 Å². The third-order valence-electron chi connectivity index (χ3n) is 15.7. The van der Waals surface area contributed by atoms with Crippen LogP contribution in [0.5, 0.6) is 0 Å². The SMILES string of the molecule is Cc1cc(C(F)(F)F)ccc1-c1ccc(-n2c3ccccc3c3cc(-n4c5ccccc5c5ccccc54)ccc32)c(-c2cc(C#N)ccc2-n2c3ccccc3c3cc(-n4c5ccccc5c5ccccc54)ccc32)c1. The van der Waals surface area contributed by atoms with Crippen molar-refractivity contribution < 1.29 is 13.2 Å². The van der Waals surface area contributed by atoms with Crippen LogP contribution in [0.25, 0.3) is 132 Å². The molecule has 0 unspecified atom stereocenters. The number of aromatic nitrogens is 4. The Morgan fingerprint density at radius 3 is 1.13 bits per heavy atom. The summed E-state index contributed by atoms with van der Waals surface area (Å²) in [6.07, 6.45) is -4.49. The lowest BCUT2D eigenvalue weighted by atomic mass is 9.92. The Kier molecular flexibility index (Phi) is 9.63. The Morgan fingerprint density at radius 2 is 0.714 bits per heavy atom. The molecule has 0 radical (unpaired) electrons. The molecule has 0 amide bonds. The first-order valence-corrected chi connectivity index (χ1v) is 25.6. The molecule has 0 atom stereocenters. The van der Waals surface area contributed by atoms with E-state index in [1.165, 1.54) is 27.6 Å². The normalized spacial score (nSPS) is 12.1. The van der Waals surface area contributed by atoms with Gasteiger partial charge < -0.3 is 18.3 Å². The summed E-state index contributed by atoms with van der Waals surface area (Å²) in [6, 6.07) is 82.7. The topological polar surface area (TPSA) is 43.5 Å². The lowest BCUT2D eigenvalue weighted by Crippen LogP contribution is -2.05. The van der Waals surface area contributed by atoms with E-state index in [1.54, 1.807) is 13.0 Å². The predicted octanol–water partition coefficient (Wildman–Crippen LogP) is 18.6. The number of para-hydroxylation sites is 6. The number of fused-ring (bicyclic) bond motifs is 12. The van der Waals surface area contributed by atoms with Crippen molar-refractivity contribution in [3.8, 4) is 51.1 Å². The molecule has 0 fully saturated rings. The van der Waals surface area contributed by atoms with Crippen LogP contribution in [0.1, 0.15) is 16.7 Å². The van der Waals surface area contributed by atoms with E-state index in [0.29, 0.717) is 16.7 Å². The van der Waals surface area contributed by atoms with Crippen LogP contribution in [0.4, 0.5) is 13.2 Å². The molecule has 364 valence electrons. The van der Waals surface area contributed by atoms with Gasteiger partial charge in [-0.05, 0) is 139 Å². The maximum Gasteiger partial charge on any atom is 0.416 e. The van der Waals surface area contributed by atoms with Crippen molar-refractivity contribution in [1.29, 1.82) is 5.26 Å². The van der Waals surface area contributed by atoms with E-state index in [0.717, 1.165) is 111 Å². The monoisotopic (exact) mass is 997 g/mol. The van der Waals surface area contributed by atoms with Crippen molar-refractivity contribution in [2.45, 2.75) is 13.1 Å². The molecule has 11 aromatic carbocycles. The zero-order valence-corrected chi connectivity index (χ0v) is 41.4. The summed E-state index contributed by atoms with van der Waals surface area (Å²) in [5.41, 5.74) is 15.4. The van der Waals surface area contributed by atoms with E-state index in [4.69, 9.17) is 0 Å². The van der Waals surface area contributed by atoms with E-state index >= 15 is 0 Å². The summed E-state index contributed by atoms with van der Waals surface area (Å²) in [6.45, 7) is 1.73. The molecule has 0 saturated heterocycles. The molecule has 4 aromatic heterocycles. The Bertz CT molecular complexity index is 4910. The molecule has 0 aliphatic carbocycles. The molecule has 77 heavy (non-hydrogen) atoms. The molecule has 0 spiro atoms. The number of halogens is 3. The zero-order chi connectivity index (χ0) is 51.7. The average molecular weight is 998 g/mol. The summed E-state index contributed by atoms with van der Waals surface area (Å²) >= 11 is 0. The predicted molar refractivity (Wildman–Crippen MR) is 309 cm³/mol. The summed E-state index contributed by atoms with van der Waals surface area (Å²) in [5, 5.41) is 19.7.